The van der Waals surface area contributed by atoms with Crippen LogP contribution in [0.5, 0.6) is 0 Å². The average Bonchev–Trinajstić information content (AvgIpc) is 2.66. The van der Waals surface area contributed by atoms with E-state index in [2.05, 4.69) is 28.4 Å². The predicted octanol–water partition coefficient (Wildman–Crippen LogP) is -3.99. The Hall–Kier alpha value is -1.95. The zero-order valence-electron chi connectivity index (χ0n) is 19.1. The topological polar surface area (TPSA) is 228 Å². The summed E-state index contributed by atoms with van der Waals surface area (Å²) in [5.74, 6) is -21.8. The Bertz CT molecular complexity index is 697. The first-order valence-corrected chi connectivity index (χ1v) is 7.62. The number of methoxy groups -OCH3 is 3. The highest BCUT2D eigenvalue weighted by Gasteiger charge is 2.81. The van der Waals surface area contributed by atoms with Gasteiger partial charge in [-0.15, -0.1) is 0 Å². The van der Waals surface area contributed by atoms with Crippen molar-refractivity contribution in [3.63, 3.8) is 0 Å². The number of hydrogen-bond acceptors (Lipinski definition) is 15. The molecular formula is C15H26O15. The molecule has 0 aliphatic heterocycles. The highest BCUT2D eigenvalue weighted by molar-refractivity contribution is 5.68. The highest BCUT2D eigenvalue weighted by atomic mass is 16.8. The van der Waals surface area contributed by atoms with Gasteiger partial charge >= 0.3 is 35.3 Å². The molecule has 0 heterocycles. The van der Waals surface area contributed by atoms with Gasteiger partial charge in [-0.1, -0.05) is 0 Å². The maximum Gasteiger partial charge on any atom is 0.343 e. The zero-order valence-corrected chi connectivity index (χ0v) is 16.1. The number of aliphatic hydroxyl groups is 6. The van der Waals surface area contributed by atoms with Crippen LogP contribution < -0.4 is 0 Å². The van der Waals surface area contributed by atoms with Gasteiger partial charge in [0.15, 0.2) is 0 Å². The van der Waals surface area contributed by atoms with Crippen molar-refractivity contribution in [2.24, 2.45) is 0 Å². The van der Waals surface area contributed by atoms with Crippen LogP contribution >= 0.6 is 0 Å². The van der Waals surface area contributed by atoms with Gasteiger partial charge < -0.3 is 59.1 Å². The molecule has 6 N–H and O–H groups in total. The molecule has 0 radical (unpaired) electrons. The summed E-state index contributed by atoms with van der Waals surface area (Å²) in [6.45, 7) is 1.80. The molecule has 0 spiro atoms. The minimum Gasteiger partial charge on any atom is -0.430 e. The molecule has 0 rings (SSSR count). The minimum atomic E-state index is -4.50. The Morgan fingerprint density at radius 3 is 1.67 bits per heavy atom. The molecule has 6 atom stereocenters. The third kappa shape index (κ3) is 4.69. The molecule has 0 aromatic rings. The van der Waals surface area contributed by atoms with Crippen molar-refractivity contribution in [1.82, 2.24) is 0 Å². The van der Waals surface area contributed by atoms with Gasteiger partial charge in [0, 0.05) is 42.0 Å². The Balaban J connectivity index is 7.41. The van der Waals surface area contributed by atoms with Crippen LogP contribution in [0.2, 0.25) is 0 Å². The van der Waals surface area contributed by atoms with E-state index in [1.54, 1.807) is 0 Å². The molecule has 15 nitrogen and oxygen atoms in total. The van der Waals surface area contributed by atoms with Gasteiger partial charge in [0.2, 0.25) is 6.29 Å². The molecule has 0 bridgehead atoms. The van der Waals surface area contributed by atoms with Crippen LogP contribution in [0.15, 0.2) is 0 Å². The number of carbonyl (C=O) groups is 3. The summed E-state index contributed by atoms with van der Waals surface area (Å²) >= 11 is 0. The Kier molecular flexibility index (Phi) is 7.50. The molecule has 30 heavy (non-hydrogen) atoms. The van der Waals surface area contributed by atoms with Gasteiger partial charge in [0.25, 0.3) is 12.1 Å². The first kappa shape index (κ1) is 22.7. The number of carbonyl (C=O) groups excluding carboxylic acids is 3. The fourth-order valence-electron chi connectivity index (χ4n) is 2.23. The van der Waals surface area contributed by atoms with E-state index in [1.807, 2.05) is 0 Å². The van der Waals surface area contributed by atoms with E-state index in [-0.39, 0.29) is 0 Å². The van der Waals surface area contributed by atoms with Crippen molar-refractivity contribution < 1.29 is 77.6 Å². The Morgan fingerprint density at radius 2 is 1.27 bits per heavy atom. The summed E-state index contributed by atoms with van der Waals surface area (Å²) in [5, 5.41) is 64.3. The van der Waals surface area contributed by atoms with E-state index >= 15 is 0 Å². The van der Waals surface area contributed by atoms with Crippen LogP contribution in [-0.2, 0) is 42.8 Å². The van der Waals surface area contributed by atoms with Gasteiger partial charge in [-0.2, -0.15) is 0 Å². The summed E-state index contributed by atoms with van der Waals surface area (Å²) in [6, 6.07) is 0. The number of rotatable bonds is 11. The van der Waals surface area contributed by atoms with Gasteiger partial charge in [0.05, 0.1) is 4.11 Å². The second-order valence-corrected chi connectivity index (χ2v) is 5.64. The van der Waals surface area contributed by atoms with Crippen molar-refractivity contribution in [2.45, 2.75) is 56.5 Å². The molecule has 2 unspecified atom stereocenters. The largest absolute Gasteiger partial charge is 0.430 e. The summed E-state index contributed by atoms with van der Waals surface area (Å²) in [7, 11) is -4.16. The van der Waals surface area contributed by atoms with Crippen LogP contribution in [0.25, 0.3) is 0 Å². The monoisotopic (exact) mass is 449 g/mol. The number of hydrogen-bond donors (Lipinski definition) is 6. The van der Waals surface area contributed by atoms with Crippen molar-refractivity contribution in [3.05, 3.63) is 0 Å². The van der Waals surface area contributed by atoms with E-state index in [1.165, 1.54) is 0 Å². The average molecular weight is 449 g/mol. The molecule has 0 amide bonds. The van der Waals surface area contributed by atoms with Crippen LogP contribution in [0.3, 0.4) is 0 Å². The lowest BCUT2D eigenvalue weighted by Crippen LogP contribution is -2.83. The molecule has 176 valence electrons. The predicted molar refractivity (Wildman–Crippen MR) is 88.1 cm³/mol. The minimum absolute atomic E-state index is 0.533. The third-order valence-corrected chi connectivity index (χ3v) is 3.56. The second kappa shape index (κ2) is 9.90. The fraction of sp³-hybridized carbons (Fsp3) is 0.800. The van der Waals surface area contributed by atoms with Crippen molar-refractivity contribution in [1.29, 1.82) is 0 Å². The van der Waals surface area contributed by atoms with E-state index in [0.717, 1.165) is 0 Å². The molecule has 0 fully saturated rings. The lowest BCUT2D eigenvalue weighted by molar-refractivity contribution is -0.540. The first-order valence-electron chi connectivity index (χ1n) is 9.74. The first-order chi connectivity index (χ1) is 15.0. The lowest BCUT2D eigenvalue weighted by Gasteiger charge is -2.53. The molecular weight excluding hydrogens is 420 g/mol. The molecule has 0 aromatic heterocycles. The van der Waals surface area contributed by atoms with Crippen LogP contribution in [0.4, 0.5) is 0 Å². The summed E-state index contributed by atoms with van der Waals surface area (Å²) in [4.78, 5) is 34.6. The van der Waals surface area contributed by atoms with Crippen molar-refractivity contribution in [2.75, 3.05) is 21.3 Å². The summed E-state index contributed by atoms with van der Waals surface area (Å²) in [5.41, 5.74) is 0. The maximum atomic E-state index is 11.7. The standard InChI is InChI=1S/C15H26O15/c1-7(16)28-11(20)12(21,26-5)14(23,27-6)15(24,30-9(3)18)13(22,10(19)25-4)29-8(2)17/h10-11,19-24H,1-6H3/t10?,11?,12-,13+,14+,15+/m1/s1/i4D,5D,6D. The quantitative estimate of drug-likeness (QED) is 0.100. The normalized spacial score (nSPS) is 22.9. The van der Waals surface area contributed by atoms with E-state index in [0.29, 0.717) is 20.8 Å². The van der Waals surface area contributed by atoms with Crippen molar-refractivity contribution >= 4 is 17.9 Å². The van der Waals surface area contributed by atoms with Gasteiger partial charge in [-0.3, -0.25) is 14.4 Å². The van der Waals surface area contributed by atoms with Crippen LogP contribution in [0.1, 0.15) is 24.9 Å². The molecule has 0 aromatic carbocycles. The van der Waals surface area contributed by atoms with Crippen molar-refractivity contribution in [3.8, 4) is 0 Å². The molecule has 0 saturated carbocycles. The summed E-state index contributed by atoms with van der Waals surface area (Å²) in [6.07, 6.45) is -6.18. The van der Waals surface area contributed by atoms with Crippen LogP contribution in [-0.4, -0.2) is 106 Å². The number of aliphatic hydroxyl groups excluding tert-OH is 2. The second-order valence-electron chi connectivity index (χ2n) is 5.64. The SMILES string of the molecule is [2H]COC(O)[C@](O)(OC(C)=O)[C@](O)(OC(C)=O)[C@@](O)(OC[2H])[C@](O)(OC[2H])C(O)OC(C)=O. The highest BCUT2D eigenvalue weighted by Crippen LogP contribution is 2.46. The van der Waals surface area contributed by atoms with Gasteiger partial charge in [-0.25, -0.2) is 0 Å². The fourth-order valence-corrected chi connectivity index (χ4v) is 2.23. The third-order valence-electron chi connectivity index (χ3n) is 3.56. The molecule has 0 aliphatic carbocycles. The maximum absolute atomic E-state index is 11.7. The van der Waals surface area contributed by atoms with Crippen LogP contribution in [0, 0.1) is 0 Å². The zero-order chi connectivity index (χ0) is 26.3. The number of ether oxygens (including phenoxy) is 6. The summed E-state index contributed by atoms with van der Waals surface area (Å²) < 4.78 is 47.6. The van der Waals surface area contributed by atoms with Gasteiger partial charge in [-0.05, 0) is 0 Å². The van der Waals surface area contributed by atoms with Gasteiger partial charge in [0.1, 0.15) is 0 Å². The Morgan fingerprint density at radius 1 is 0.733 bits per heavy atom. The van der Waals surface area contributed by atoms with E-state index in [9.17, 15) is 45.0 Å². The van der Waals surface area contributed by atoms with E-state index in [4.69, 9.17) is 4.11 Å². The molecule has 15 heteroatoms. The Labute approximate surface area is 174 Å². The molecule has 0 saturated heterocycles. The smallest absolute Gasteiger partial charge is 0.343 e. The number of esters is 3. The van der Waals surface area contributed by atoms with E-state index < -0.39 is 74.9 Å². The lowest BCUT2D eigenvalue weighted by atomic mass is 9.87. The molecule has 0 aliphatic rings.